The number of alkyl halides is 3. The lowest BCUT2D eigenvalue weighted by Crippen LogP contribution is -2.40. The van der Waals surface area contributed by atoms with Crippen LogP contribution < -0.4 is 5.32 Å². The van der Waals surface area contributed by atoms with Gasteiger partial charge in [-0.15, -0.1) is 0 Å². The van der Waals surface area contributed by atoms with Crippen molar-refractivity contribution in [2.75, 3.05) is 26.8 Å². The van der Waals surface area contributed by atoms with E-state index in [9.17, 15) is 13.2 Å². The smallest absolute Gasteiger partial charge is 0.475 e. The second kappa shape index (κ2) is 7.31. The number of benzene rings is 1. The molecule has 3 rings (SSSR count). The molecule has 1 saturated carbocycles. The van der Waals surface area contributed by atoms with Gasteiger partial charge in [0, 0.05) is 24.5 Å². The van der Waals surface area contributed by atoms with E-state index >= 15 is 0 Å². The molecule has 0 bridgehead atoms. The summed E-state index contributed by atoms with van der Waals surface area (Å²) in [5.41, 5.74) is 1.80. The summed E-state index contributed by atoms with van der Waals surface area (Å²) in [5.74, 6) is -2.76. The number of methoxy groups -OCH3 is 1. The molecule has 1 saturated heterocycles. The number of rotatable bonds is 3. The first-order valence-corrected chi connectivity index (χ1v) is 8.29. The molecule has 1 aliphatic carbocycles. The number of carbonyl (C=O) groups is 1. The minimum absolute atomic E-state index is 0.239. The molecule has 1 heterocycles. The Balaban J connectivity index is 0.000000277. The summed E-state index contributed by atoms with van der Waals surface area (Å²) in [6, 6.07) is 6.06. The Kier molecular flexibility index (Phi) is 5.93. The molecule has 0 radical (unpaired) electrons. The molecule has 0 aromatic heterocycles. The predicted octanol–water partition coefficient (Wildman–Crippen LogP) is 3.89. The summed E-state index contributed by atoms with van der Waals surface area (Å²) in [5, 5.41) is 11.9. The zero-order valence-corrected chi connectivity index (χ0v) is 14.9. The molecule has 1 aliphatic heterocycles. The third-order valence-electron chi connectivity index (χ3n) is 4.86. The number of carboxylic acids is 1. The molecule has 0 spiro atoms. The Hall–Kier alpha value is -1.02. The second-order valence-corrected chi connectivity index (χ2v) is 7.15. The van der Waals surface area contributed by atoms with Crippen LogP contribution in [0.5, 0.6) is 0 Å². The van der Waals surface area contributed by atoms with E-state index in [-0.39, 0.29) is 10.8 Å². The molecule has 25 heavy (non-hydrogen) atoms. The fourth-order valence-electron chi connectivity index (χ4n) is 3.61. The fourth-order valence-corrected chi connectivity index (χ4v) is 3.91. The van der Waals surface area contributed by atoms with Crippen LogP contribution in [0.3, 0.4) is 0 Å². The predicted molar refractivity (Wildman–Crippen MR) is 88.2 cm³/mol. The average Bonchev–Trinajstić information content (AvgIpc) is 3.20. The maximum Gasteiger partial charge on any atom is 0.490 e. The highest BCUT2D eigenvalue weighted by molar-refractivity contribution is 6.42. The molecule has 1 aromatic rings. The number of hydrogen-bond donors (Lipinski definition) is 2. The third-order valence-corrected chi connectivity index (χ3v) is 5.60. The number of halogens is 5. The van der Waals surface area contributed by atoms with Crippen LogP contribution in [-0.2, 0) is 14.9 Å². The summed E-state index contributed by atoms with van der Waals surface area (Å²) >= 11 is 12.2. The maximum absolute atomic E-state index is 10.6. The van der Waals surface area contributed by atoms with Crippen LogP contribution >= 0.6 is 23.2 Å². The molecule has 2 atom stereocenters. The van der Waals surface area contributed by atoms with Gasteiger partial charge in [0.1, 0.15) is 0 Å². The van der Waals surface area contributed by atoms with E-state index in [1.54, 1.807) is 7.11 Å². The van der Waals surface area contributed by atoms with Crippen molar-refractivity contribution in [3.63, 3.8) is 0 Å². The standard InChI is InChI=1S/C14H17Cl2NO.C2HF3O2/c1-18-9-13-7-14(13,4-5-17-8-13)10-2-3-11(15)12(16)6-10;3-2(4,5)1(6)7/h2-3,6,17H,4-5,7-9H2,1H3;(H,6,7)/t13-,14?;/m0./s1. The Bertz CT molecular complexity index is 652. The van der Waals surface area contributed by atoms with Crippen molar-refractivity contribution < 1.29 is 27.8 Å². The summed E-state index contributed by atoms with van der Waals surface area (Å²) < 4.78 is 37.2. The molecule has 2 aliphatic rings. The summed E-state index contributed by atoms with van der Waals surface area (Å²) in [6.07, 6.45) is -2.76. The van der Waals surface area contributed by atoms with Gasteiger partial charge < -0.3 is 15.2 Å². The lowest BCUT2D eigenvalue weighted by Gasteiger charge is -2.31. The van der Waals surface area contributed by atoms with Crippen molar-refractivity contribution in [3.8, 4) is 0 Å². The third kappa shape index (κ3) is 4.05. The molecule has 4 nitrogen and oxygen atoms in total. The first kappa shape index (κ1) is 20.3. The number of carboxylic acid groups (broad SMARTS) is 1. The van der Waals surface area contributed by atoms with Crippen LogP contribution in [0.1, 0.15) is 18.4 Å². The van der Waals surface area contributed by atoms with Gasteiger partial charge in [0.05, 0.1) is 16.7 Å². The summed E-state index contributed by atoms with van der Waals surface area (Å²) in [7, 11) is 1.78. The Morgan fingerprint density at radius 1 is 1.36 bits per heavy atom. The highest BCUT2D eigenvalue weighted by Crippen LogP contribution is 2.67. The first-order valence-electron chi connectivity index (χ1n) is 7.53. The van der Waals surface area contributed by atoms with Crippen LogP contribution in [0, 0.1) is 5.41 Å². The van der Waals surface area contributed by atoms with E-state index in [1.165, 1.54) is 12.0 Å². The molecular formula is C16H18Cl2F3NO3. The van der Waals surface area contributed by atoms with Crippen LogP contribution in [0.4, 0.5) is 13.2 Å². The van der Waals surface area contributed by atoms with Gasteiger partial charge in [0.15, 0.2) is 0 Å². The topological polar surface area (TPSA) is 58.6 Å². The number of ether oxygens (including phenoxy) is 1. The van der Waals surface area contributed by atoms with Gasteiger partial charge in [-0.05, 0) is 37.1 Å². The molecule has 2 N–H and O–H groups in total. The molecule has 140 valence electrons. The molecule has 0 amide bonds. The normalized spacial score (nSPS) is 27.8. The van der Waals surface area contributed by atoms with Gasteiger partial charge >= 0.3 is 12.1 Å². The fraction of sp³-hybridized carbons (Fsp3) is 0.562. The Labute approximate surface area is 153 Å². The molecule has 1 unspecified atom stereocenters. The number of fused-ring (bicyclic) bond motifs is 1. The van der Waals surface area contributed by atoms with Gasteiger partial charge in [-0.3, -0.25) is 0 Å². The second-order valence-electron chi connectivity index (χ2n) is 6.33. The molecular weight excluding hydrogens is 382 g/mol. The van der Waals surface area contributed by atoms with Gasteiger partial charge in [0.2, 0.25) is 0 Å². The van der Waals surface area contributed by atoms with Crippen molar-refractivity contribution in [2.24, 2.45) is 5.41 Å². The van der Waals surface area contributed by atoms with E-state index < -0.39 is 12.1 Å². The number of piperidine rings is 1. The Morgan fingerprint density at radius 3 is 2.52 bits per heavy atom. The SMILES string of the molecule is COC[C@]12CNCCC1(c1ccc(Cl)c(Cl)c1)C2.O=C(O)C(F)(F)F. The van der Waals surface area contributed by atoms with E-state index in [4.69, 9.17) is 37.8 Å². The van der Waals surface area contributed by atoms with Crippen LogP contribution in [0.25, 0.3) is 0 Å². The summed E-state index contributed by atoms with van der Waals surface area (Å²) in [4.78, 5) is 8.90. The average molecular weight is 400 g/mol. The van der Waals surface area contributed by atoms with Crippen LogP contribution in [0.2, 0.25) is 10.0 Å². The minimum atomic E-state index is -5.08. The van der Waals surface area contributed by atoms with Crippen LogP contribution in [-0.4, -0.2) is 44.1 Å². The quantitative estimate of drug-likeness (QED) is 0.809. The van der Waals surface area contributed by atoms with Gasteiger partial charge in [-0.1, -0.05) is 29.3 Å². The van der Waals surface area contributed by atoms with E-state index in [0.717, 1.165) is 26.1 Å². The van der Waals surface area contributed by atoms with Crippen molar-refractivity contribution in [2.45, 2.75) is 24.4 Å². The summed E-state index contributed by atoms with van der Waals surface area (Å²) in [6.45, 7) is 2.90. The van der Waals surface area contributed by atoms with Crippen molar-refractivity contribution in [3.05, 3.63) is 33.8 Å². The van der Waals surface area contributed by atoms with E-state index in [0.29, 0.717) is 10.0 Å². The van der Waals surface area contributed by atoms with E-state index in [2.05, 4.69) is 11.4 Å². The van der Waals surface area contributed by atoms with Crippen molar-refractivity contribution in [1.29, 1.82) is 0 Å². The zero-order chi connectivity index (χ0) is 18.9. The number of nitrogens with one attached hydrogen (secondary N) is 1. The van der Waals surface area contributed by atoms with Crippen LogP contribution in [0.15, 0.2) is 18.2 Å². The van der Waals surface area contributed by atoms with Gasteiger partial charge in [-0.25, -0.2) is 4.79 Å². The highest BCUT2D eigenvalue weighted by atomic mass is 35.5. The monoisotopic (exact) mass is 399 g/mol. The lowest BCUT2D eigenvalue weighted by molar-refractivity contribution is -0.192. The molecule has 9 heteroatoms. The van der Waals surface area contributed by atoms with Crippen molar-refractivity contribution >= 4 is 29.2 Å². The van der Waals surface area contributed by atoms with Gasteiger partial charge in [0.25, 0.3) is 0 Å². The molecule has 1 aromatic carbocycles. The Morgan fingerprint density at radius 2 is 2.00 bits per heavy atom. The van der Waals surface area contributed by atoms with E-state index in [1.807, 2.05) is 12.1 Å². The van der Waals surface area contributed by atoms with Crippen molar-refractivity contribution in [1.82, 2.24) is 5.32 Å². The number of aliphatic carboxylic acids is 1. The highest BCUT2D eigenvalue weighted by Gasteiger charge is 2.68. The lowest BCUT2D eigenvalue weighted by atomic mass is 9.81. The molecule has 2 fully saturated rings. The number of hydrogen-bond acceptors (Lipinski definition) is 3. The largest absolute Gasteiger partial charge is 0.490 e. The zero-order valence-electron chi connectivity index (χ0n) is 13.4. The maximum atomic E-state index is 10.6. The minimum Gasteiger partial charge on any atom is -0.475 e. The van der Waals surface area contributed by atoms with Gasteiger partial charge in [-0.2, -0.15) is 13.2 Å². The first-order chi connectivity index (χ1) is 11.6.